The number of benzene rings is 4. The van der Waals surface area contributed by atoms with Gasteiger partial charge in [0.15, 0.2) is 0 Å². The molecule has 2 aliphatic rings. The van der Waals surface area contributed by atoms with Crippen LogP contribution in [0.1, 0.15) is 97.8 Å². The Morgan fingerprint density at radius 1 is 0.523 bits per heavy atom. The minimum absolute atomic E-state index is 0.00559. The van der Waals surface area contributed by atoms with E-state index in [0.29, 0.717) is 0 Å². The average Bonchev–Trinajstić information content (AvgIpc) is 2.88. The highest BCUT2D eigenvalue weighted by molar-refractivity contribution is 6.19. The van der Waals surface area contributed by atoms with Gasteiger partial charge in [0.05, 0.1) is 22.3 Å². The standard InChI is InChI=1S/C32H22O12/c1-9-3-13-21(15-5-11(33)7-17(35)23(15)29(39)25(13)27(37)19(9)31(41)42)22-14-4-10(2)20(32(43)44)28(38)26(14)30(40)24-16(22)6-12(34)8-18(24)36/h3-8,21-22,33-38H,1-2H3,(H,41,42)(H,43,44)/t21-,22+. The monoisotopic (exact) mass is 598 g/mol. The van der Waals surface area contributed by atoms with Gasteiger partial charge in [-0.3, -0.25) is 9.59 Å². The summed E-state index contributed by atoms with van der Waals surface area (Å²) >= 11 is 0. The molecule has 2 aliphatic carbocycles. The number of phenols is 6. The largest absolute Gasteiger partial charge is 0.508 e. The molecule has 6 rings (SSSR count). The predicted molar refractivity (Wildman–Crippen MR) is 150 cm³/mol. The van der Waals surface area contributed by atoms with Gasteiger partial charge in [-0.15, -0.1) is 0 Å². The van der Waals surface area contributed by atoms with Gasteiger partial charge in [-0.05, 0) is 59.4 Å². The molecular weight excluding hydrogens is 576 g/mol. The third-order valence-corrected chi connectivity index (χ3v) is 8.33. The summed E-state index contributed by atoms with van der Waals surface area (Å²) in [4.78, 5) is 51.7. The second kappa shape index (κ2) is 9.23. The van der Waals surface area contributed by atoms with E-state index in [1.165, 1.54) is 26.0 Å². The quantitative estimate of drug-likeness (QED) is 0.167. The maximum atomic E-state index is 13.8. The van der Waals surface area contributed by atoms with Crippen LogP contribution in [0.5, 0.6) is 34.5 Å². The van der Waals surface area contributed by atoms with E-state index >= 15 is 0 Å². The van der Waals surface area contributed by atoms with Crippen molar-refractivity contribution >= 4 is 23.5 Å². The van der Waals surface area contributed by atoms with Crippen LogP contribution in [0.4, 0.5) is 0 Å². The number of aromatic hydroxyl groups is 6. The van der Waals surface area contributed by atoms with Crippen LogP contribution >= 0.6 is 0 Å². The first kappa shape index (κ1) is 28.1. The highest BCUT2D eigenvalue weighted by Crippen LogP contribution is 2.57. The van der Waals surface area contributed by atoms with E-state index in [1.54, 1.807) is 0 Å². The van der Waals surface area contributed by atoms with E-state index in [4.69, 9.17) is 0 Å². The minimum atomic E-state index is -1.54. The molecule has 0 radical (unpaired) electrons. The van der Waals surface area contributed by atoms with Gasteiger partial charge in [0.2, 0.25) is 11.6 Å². The third kappa shape index (κ3) is 3.63. The van der Waals surface area contributed by atoms with Gasteiger partial charge in [0.25, 0.3) is 0 Å². The maximum absolute atomic E-state index is 13.8. The van der Waals surface area contributed by atoms with Crippen molar-refractivity contribution < 1.29 is 60.0 Å². The Morgan fingerprint density at radius 3 is 1.16 bits per heavy atom. The van der Waals surface area contributed by atoms with Crippen LogP contribution in [-0.4, -0.2) is 64.4 Å². The first-order valence-corrected chi connectivity index (χ1v) is 13.1. The van der Waals surface area contributed by atoms with Gasteiger partial charge in [-0.25, -0.2) is 9.59 Å². The molecule has 222 valence electrons. The van der Waals surface area contributed by atoms with Gasteiger partial charge < -0.3 is 40.9 Å². The molecule has 0 heterocycles. The molecule has 0 saturated carbocycles. The summed E-state index contributed by atoms with van der Waals surface area (Å²) in [5.74, 6) is -11.7. The fourth-order valence-electron chi connectivity index (χ4n) is 6.72. The van der Waals surface area contributed by atoms with Crippen molar-refractivity contribution in [3.63, 3.8) is 0 Å². The van der Waals surface area contributed by atoms with Crippen LogP contribution in [0.15, 0.2) is 36.4 Å². The summed E-state index contributed by atoms with van der Waals surface area (Å²) in [6.45, 7) is 2.75. The second-order valence-electron chi connectivity index (χ2n) is 10.8. The van der Waals surface area contributed by atoms with Crippen molar-refractivity contribution in [1.82, 2.24) is 0 Å². The van der Waals surface area contributed by atoms with Crippen LogP contribution < -0.4 is 0 Å². The van der Waals surface area contributed by atoms with E-state index in [-0.39, 0.29) is 33.4 Å². The molecule has 12 heteroatoms. The topological polar surface area (TPSA) is 230 Å². The number of carbonyl (C=O) groups excluding carboxylic acids is 2. The van der Waals surface area contributed by atoms with Gasteiger partial charge in [-0.1, -0.05) is 12.1 Å². The number of carboxylic acid groups (broad SMARTS) is 2. The molecule has 0 saturated heterocycles. The molecule has 2 atom stereocenters. The summed E-state index contributed by atoms with van der Waals surface area (Å²) in [5.41, 5.74) is -2.90. The molecule has 4 aromatic rings. The summed E-state index contributed by atoms with van der Waals surface area (Å²) in [6.07, 6.45) is 0. The van der Waals surface area contributed by atoms with E-state index in [1.807, 2.05) is 0 Å². The molecule has 0 fully saturated rings. The molecule has 12 nitrogen and oxygen atoms in total. The Kier molecular flexibility index (Phi) is 5.89. The minimum Gasteiger partial charge on any atom is -0.508 e. The number of hydrogen-bond acceptors (Lipinski definition) is 10. The SMILES string of the molecule is Cc1cc2c(c(O)c1C(=O)O)C(=O)c1c(O)cc(O)cc1[C@H]2[C@H]1c2cc(O)cc(O)c2C(=O)c2c1cc(C)c(C(=O)O)c2O. The smallest absolute Gasteiger partial charge is 0.339 e. The van der Waals surface area contributed by atoms with Crippen molar-refractivity contribution in [3.05, 3.63) is 103 Å². The Bertz CT molecular complexity index is 1910. The molecule has 0 unspecified atom stereocenters. The lowest BCUT2D eigenvalue weighted by atomic mass is 9.63. The molecule has 8 N–H and O–H groups in total. The summed E-state index contributed by atoms with van der Waals surface area (Å²) in [7, 11) is 0. The van der Waals surface area contributed by atoms with Crippen LogP contribution in [0.3, 0.4) is 0 Å². The first-order valence-electron chi connectivity index (χ1n) is 13.1. The number of hydrogen-bond donors (Lipinski definition) is 8. The third-order valence-electron chi connectivity index (χ3n) is 8.33. The lowest BCUT2D eigenvalue weighted by molar-refractivity contribution is 0.0681. The Balaban J connectivity index is 1.83. The number of fused-ring (bicyclic) bond motifs is 4. The van der Waals surface area contributed by atoms with Gasteiger partial charge >= 0.3 is 11.9 Å². The number of carbonyl (C=O) groups is 4. The fraction of sp³-hybridized carbons (Fsp3) is 0.125. The van der Waals surface area contributed by atoms with Crippen LogP contribution in [0.2, 0.25) is 0 Å². The van der Waals surface area contributed by atoms with Gasteiger partial charge in [-0.2, -0.15) is 0 Å². The molecule has 0 aliphatic heterocycles. The molecule has 44 heavy (non-hydrogen) atoms. The van der Waals surface area contributed by atoms with Crippen molar-refractivity contribution in [2.75, 3.05) is 0 Å². The molecule has 0 aromatic heterocycles. The highest BCUT2D eigenvalue weighted by atomic mass is 16.4. The Morgan fingerprint density at radius 2 is 0.841 bits per heavy atom. The van der Waals surface area contributed by atoms with Crippen LogP contribution in [0, 0.1) is 13.8 Å². The number of phenolic OH excluding ortho intramolecular Hbond substituents is 4. The summed E-state index contributed by atoms with van der Waals surface area (Å²) < 4.78 is 0. The predicted octanol–water partition coefficient (Wildman–Crippen LogP) is 3.99. The fourth-order valence-corrected chi connectivity index (χ4v) is 6.72. The van der Waals surface area contributed by atoms with E-state index < -0.39 is 103 Å². The van der Waals surface area contributed by atoms with E-state index in [9.17, 15) is 60.0 Å². The van der Waals surface area contributed by atoms with Gasteiger partial charge in [0, 0.05) is 24.0 Å². The normalized spacial score (nSPS) is 16.5. The zero-order chi connectivity index (χ0) is 32.1. The molecule has 4 aromatic carbocycles. The lowest BCUT2D eigenvalue weighted by Gasteiger charge is -2.39. The van der Waals surface area contributed by atoms with Crippen molar-refractivity contribution in [2.24, 2.45) is 0 Å². The number of ketones is 2. The Hall–Kier alpha value is -6.04. The summed E-state index contributed by atoms with van der Waals surface area (Å²) in [5, 5.41) is 84.7. The number of carboxylic acids is 2. The van der Waals surface area contributed by atoms with Crippen molar-refractivity contribution in [1.29, 1.82) is 0 Å². The lowest BCUT2D eigenvalue weighted by Crippen LogP contribution is -2.30. The maximum Gasteiger partial charge on any atom is 0.339 e. The average molecular weight is 599 g/mol. The number of aromatic carboxylic acids is 2. The van der Waals surface area contributed by atoms with Crippen molar-refractivity contribution in [2.45, 2.75) is 25.7 Å². The van der Waals surface area contributed by atoms with Crippen LogP contribution in [0.25, 0.3) is 0 Å². The Labute approximate surface area is 247 Å². The molecule has 0 spiro atoms. The molecular formula is C32H22O12. The van der Waals surface area contributed by atoms with Crippen molar-refractivity contribution in [3.8, 4) is 34.5 Å². The van der Waals surface area contributed by atoms with Gasteiger partial charge in [0.1, 0.15) is 45.6 Å². The zero-order valence-electron chi connectivity index (χ0n) is 22.8. The summed E-state index contributed by atoms with van der Waals surface area (Å²) in [6, 6.07) is 6.72. The zero-order valence-corrected chi connectivity index (χ0v) is 22.8. The first-order chi connectivity index (χ1) is 20.6. The highest BCUT2D eigenvalue weighted by Gasteiger charge is 2.47. The number of rotatable bonds is 3. The second-order valence-corrected chi connectivity index (χ2v) is 10.8. The van der Waals surface area contributed by atoms with E-state index in [2.05, 4.69) is 0 Å². The number of aryl methyl sites for hydroxylation is 2. The van der Waals surface area contributed by atoms with E-state index in [0.717, 1.165) is 24.3 Å². The van der Waals surface area contributed by atoms with Crippen LogP contribution in [-0.2, 0) is 0 Å². The molecule has 0 amide bonds. The molecule has 0 bridgehead atoms.